The van der Waals surface area contributed by atoms with Gasteiger partial charge in [-0.1, -0.05) is 31.4 Å². The molecular weight excluding hydrogens is 386 g/mol. The highest BCUT2D eigenvalue weighted by Crippen LogP contribution is 2.28. The van der Waals surface area contributed by atoms with E-state index in [0.717, 1.165) is 36.9 Å². The van der Waals surface area contributed by atoms with E-state index in [-0.39, 0.29) is 5.91 Å². The molecule has 0 unspecified atom stereocenters. The van der Waals surface area contributed by atoms with Crippen molar-refractivity contribution in [2.24, 2.45) is 5.92 Å². The molecule has 1 heterocycles. The van der Waals surface area contributed by atoms with E-state index in [1.165, 1.54) is 51.4 Å². The van der Waals surface area contributed by atoms with E-state index in [0.29, 0.717) is 6.54 Å². The third-order valence-electron chi connectivity index (χ3n) is 5.50. The van der Waals surface area contributed by atoms with Crippen LogP contribution in [0.1, 0.15) is 51.4 Å². The van der Waals surface area contributed by atoms with E-state index >= 15 is 0 Å². The van der Waals surface area contributed by atoms with Gasteiger partial charge in [-0.05, 0) is 56.7 Å². The maximum absolute atomic E-state index is 12.3. The predicted molar refractivity (Wildman–Crippen MR) is 116 cm³/mol. The lowest BCUT2D eigenvalue weighted by Gasteiger charge is -2.30. The van der Waals surface area contributed by atoms with Crippen molar-refractivity contribution in [2.45, 2.75) is 51.4 Å². The Kier molecular flexibility index (Phi) is 10.1. The molecule has 1 aliphatic carbocycles. The summed E-state index contributed by atoms with van der Waals surface area (Å²) in [6.07, 6.45) is 10.5. The van der Waals surface area contributed by atoms with Gasteiger partial charge in [0.05, 0.1) is 17.9 Å². The summed E-state index contributed by atoms with van der Waals surface area (Å²) in [6.45, 7) is 3.56. The number of carboxylic acid groups (broad SMARTS) is 2. The Balaban J connectivity index is 0.000000469. The van der Waals surface area contributed by atoms with Crippen molar-refractivity contribution in [2.75, 3.05) is 36.4 Å². The molecule has 1 amide bonds. The fraction of sp³-hybridized carbons (Fsp3) is 0.591. The lowest BCUT2D eigenvalue weighted by Crippen LogP contribution is -2.34. The molecule has 1 aromatic rings. The van der Waals surface area contributed by atoms with Gasteiger partial charge in [-0.25, -0.2) is 9.59 Å². The van der Waals surface area contributed by atoms with Crippen molar-refractivity contribution in [3.63, 3.8) is 0 Å². The Morgan fingerprint density at radius 1 is 0.900 bits per heavy atom. The second kappa shape index (κ2) is 12.8. The van der Waals surface area contributed by atoms with E-state index in [2.05, 4.69) is 27.7 Å². The molecule has 3 rings (SSSR count). The second-order valence-corrected chi connectivity index (χ2v) is 7.86. The molecule has 0 spiro atoms. The highest BCUT2D eigenvalue weighted by Gasteiger charge is 2.16. The number of nitrogens with one attached hydrogen (secondary N) is 2. The van der Waals surface area contributed by atoms with Gasteiger partial charge in [-0.2, -0.15) is 0 Å². The first-order valence-corrected chi connectivity index (χ1v) is 10.8. The molecule has 1 aromatic carbocycles. The van der Waals surface area contributed by atoms with E-state index in [4.69, 9.17) is 19.8 Å². The number of rotatable bonds is 6. The van der Waals surface area contributed by atoms with Gasteiger partial charge in [0.25, 0.3) is 0 Å². The molecule has 166 valence electrons. The first-order valence-electron chi connectivity index (χ1n) is 10.8. The number of amides is 1. The fourth-order valence-electron chi connectivity index (χ4n) is 3.97. The highest BCUT2D eigenvalue weighted by atomic mass is 16.4. The Bertz CT molecular complexity index is 686. The average molecular weight is 420 g/mol. The highest BCUT2D eigenvalue weighted by molar-refractivity contribution is 6.27. The molecule has 1 aliphatic heterocycles. The summed E-state index contributed by atoms with van der Waals surface area (Å²) in [5.74, 6) is -2.83. The largest absolute Gasteiger partial charge is 0.473 e. The maximum Gasteiger partial charge on any atom is 0.414 e. The summed E-state index contributed by atoms with van der Waals surface area (Å²) in [7, 11) is 0. The van der Waals surface area contributed by atoms with Crippen molar-refractivity contribution in [3.05, 3.63) is 24.3 Å². The first-order chi connectivity index (χ1) is 14.5. The van der Waals surface area contributed by atoms with Crippen LogP contribution in [0, 0.1) is 5.92 Å². The minimum atomic E-state index is -1.82. The zero-order valence-electron chi connectivity index (χ0n) is 17.4. The monoisotopic (exact) mass is 419 g/mol. The predicted octanol–water partition coefficient (Wildman–Crippen LogP) is 2.94. The van der Waals surface area contributed by atoms with Crippen LogP contribution in [0.4, 0.5) is 11.4 Å². The zero-order chi connectivity index (χ0) is 21.8. The molecule has 4 N–H and O–H groups in total. The van der Waals surface area contributed by atoms with E-state index in [1.54, 1.807) is 0 Å². The third-order valence-corrected chi connectivity index (χ3v) is 5.50. The summed E-state index contributed by atoms with van der Waals surface area (Å²) >= 11 is 0. The molecule has 0 bridgehead atoms. The molecule has 0 atom stereocenters. The van der Waals surface area contributed by atoms with Crippen molar-refractivity contribution in [3.8, 4) is 0 Å². The molecule has 2 fully saturated rings. The number of hydrogen-bond donors (Lipinski definition) is 4. The third kappa shape index (κ3) is 8.41. The summed E-state index contributed by atoms with van der Waals surface area (Å²) in [5.41, 5.74) is 2.11. The van der Waals surface area contributed by atoms with Crippen LogP contribution < -0.4 is 15.5 Å². The van der Waals surface area contributed by atoms with Gasteiger partial charge < -0.3 is 25.7 Å². The normalized spacial score (nSPS) is 16.9. The second-order valence-electron chi connectivity index (χ2n) is 7.86. The summed E-state index contributed by atoms with van der Waals surface area (Å²) in [5, 5.41) is 21.2. The quantitative estimate of drug-likeness (QED) is 0.524. The smallest absolute Gasteiger partial charge is 0.414 e. The van der Waals surface area contributed by atoms with E-state index < -0.39 is 11.9 Å². The molecule has 2 aliphatic rings. The topological polar surface area (TPSA) is 119 Å². The minimum absolute atomic E-state index is 0.0651. The minimum Gasteiger partial charge on any atom is -0.473 e. The first kappa shape index (κ1) is 23.7. The van der Waals surface area contributed by atoms with Gasteiger partial charge in [-0.3, -0.25) is 4.79 Å². The van der Waals surface area contributed by atoms with Gasteiger partial charge in [0.1, 0.15) is 0 Å². The van der Waals surface area contributed by atoms with Crippen LogP contribution in [-0.2, 0) is 14.4 Å². The fourth-order valence-corrected chi connectivity index (χ4v) is 3.97. The molecule has 1 saturated heterocycles. The van der Waals surface area contributed by atoms with Crippen LogP contribution in [-0.4, -0.2) is 54.2 Å². The standard InChI is InChI=1S/C20H31N3O.C2H2O4/c24-20(16-21-15-17-9-3-1-4-10-17)22-18-11-5-6-12-19(18)23-13-7-2-8-14-23;3-1(4)2(5)6/h5-6,11-12,17,21H,1-4,7-10,13-16H2,(H,22,24);(H,3,4)(H,5,6). The van der Waals surface area contributed by atoms with Crippen LogP contribution in [0.15, 0.2) is 24.3 Å². The number of benzene rings is 1. The van der Waals surface area contributed by atoms with E-state index in [1.807, 2.05) is 12.1 Å². The van der Waals surface area contributed by atoms with Gasteiger partial charge in [0.15, 0.2) is 0 Å². The number of anilines is 2. The summed E-state index contributed by atoms with van der Waals surface area (Å²) in [6, 6.07) is 8.19. The average Bonchev–Trinajstić information content (AvgIpc) is 2.76. The molecule has 1 saturated carbocycles. The van der Waals surface area contributed by atoms with Crippen LogP contribution in [0.25, 0.3) is 0 Å². The summed E-state index contributed by atoms with van der Waals surface area (Å²) in [4.78, 5) is 32.9. The zero-order valence-corrected chi connectivity index (χ0v) is 17.4. The lowest BCUT2D eigenvalue weighted by atomic mass is 9.89. The Morgan fingerprint density at radius 2 is 1.50 bits per heavy atom. The molecule has 0 radical (unpaired) electrons. The number of para-hydroxylation sites is 2. The van der Waals surface area contributed by atoms with Crippen LogP contribution >= 0.6 is 0 Å². The van der Waals surface area contributed by atoms with E-state index in [9.17, 15) is 4.79 Å². The maximum atomic E-state index is 12.3. The van der Waals surface area contributed by atoms with Gasteiger partial charge >= 0.3 is 11.9 Å². The number of carboxylic acids is 2. The summed E-state index contributed by atoms with van der Waals surface area (Å²) < 4.78 is 0. The Hall–Kier alpha value is -2.61. The lowest BCUT2D eigenvalue weighted by molar-refractivity contribution is -0.159. The van der Waals surface area contributed by atoms with Crippen molar-refractivity contribution in [1.29, 1.82) is 0 Å². The van der Waals surface area contributed by atoms with Crippen LogP contribution in [0.5, 0.6) is 0 Å². The molecule has 8 heteroatoms. The van der Waals surface area contributed by atoms with Gasteiger partial charge in [0, 0.05) is 13.1 Å². The number of aliphatic carboxylic acids is 2. The van der Waals surface area contributed by atoms with Gasteiger partial charge in [-0.15, -0.1) is 0 Å². The van der Waals surface area contributed by atoms with Crippen LogP contribution in [0.3, 0.4) is 0 Å². The van der Waals surface area contributed by atoms with Crippen molar-refractivity contribution < 1.29 is 24.6 Å². The molecule has 0 aromatic heterocycles. The number of carbonyl (C=O) groups excluding carboxylic acids is 1. The SMILES string of the molecule is O=C(CNCC1CCCCC1)Nc1ccccc1N1CCCCC1.O=C(O)C(=O)O. The van der Waals surface area contributed by atoms with Gasteiger partial charge in [0.2, 0.25) is 5.91 Å². The molecule has 8 nitrogen and oxygen atoms in total. The number of nitrogens with zero attached hydrogens (tertiary/aromatic N) is 1. The Morgan fingerprint density at radius 3 is 2.13 bits per heavy atom. The number of carbonyl (C=O) groups is 3. The van der Waals surface area contributed by atoms with Crippen LogP contribution in [0.2, 0.25) is 0 Å². The number of piperidine rings is 1. The molecular formula is C22H33N3O5. The Labute approximate surface area is 177 Å². The van der Waals surface area contributed by atoms with Crippen molar-refractivity contribution in [1.82, 2.24) is 5.32 Å². The van der Waals surface area contributed by atoms with Crippen molar-refractivity contribution >= 4 is 29.2 Å². The number of hydrogen-bond acceptors (Lipinski definition) is 5. The molecule has 30 heavy (non-hydrogen) atoms.